The zero-order valence-corrected chi connectivity index (χ0v) is 19.9. The van der Waals surface area contributed by atoms with Crippen LogP contribution in [0.5, 0.6) is 5.75 Å². The van der Waals surface area contributed by atoms with Crippen LogP contribution >= 0.6 is 15.9 Å². The first-order valence-electron chi connectivity index (χ1n) is 10.4. The van der Waals surface area contributed by atoms with Crippen LogP contribution in [0.15, 0.2) is 88.4 Å². The first kappa shape index (κ1) is 24.7. The summed E-state index contributed by atoms with van der Waals surface area (Å²) in [6, 6.07) is 23.2. The van der Waals surface area contributed by atoms with Crippen LogP contribution < -0.4 is 20.8 Å². The molecule has 1 atom stereocenters. The molecule has 3 aromatic rings. The van der Waals surface area contributed by atoms with E-state index in [1.807, 2.05) is 37.3 Å². The summed E-state index contributed by atoms with van der Waals surface area (Å²) in [6.07, 6.45) is 1.39. The van der Waals surface area contributed by atoms with Gasteiger partial charge in [0.05, 0.1) is 17.9 Å². The lowest BCUT2D eigenvalue weighted by Gasteiger charge is -2.14. The van der Waals surface area contributed by atoms with E-state index >= 15 is 0 Å². The number of nitrogens with zero attached hydrogens (tertiary/aromatic N) is 1. The van der Waals surface area contributed by atoms with Gasteiger partial charge in [-0.25, -0.2) is 5.43 Å². The Morgan fingerprint density at radius 3 is 2.32 bits per heavy atom. The van der Waals surface area contributed by atoms with Crippen LogP contribution in [-0.2, 0) is 14.4 Å². The molecule has 0 aliphatic heterocycles. The molecule has 0 fully saturated rings. The van der Waals surface area contributed by atoms with Crippen molar-refractivity contribution in [2.24, 2.45) is 5.10 Å². The number of hydrazone groups is 1. The molecule has 0 heterocycles. The maximum absolute atomic E-state index is 12.1. The van der Waals surface area contributed by atoms with Crippen LogP contribution in [0.2, 0.25) is 0 Å². The molecular formula is C25H23BrN4O4. The van der Waals surface area contributed by atoms with Gasteiger partial charge in [0.15, 0.2) is 6.61 Å². The Balaban J connectivity index is 1.42. The second kappa shape index (κ2) is 12.3. The molecule has 3 aromatic carbocycles. The van der Waals surface area contributed by atoms with Crippen LogP contribution in [0.3, 0.4) is 0 Å². The summed E-state index contributed by atoms with van der Waals surface area (Å²) in [6.45, 7) is 1.79. The summed E-state index contributed by atoms with van der Waals surface area (Å²) in [4.78, 5) is 36.0. The SMILES string of the molecule is C[C@H](NC(=O)COc1ccc(C=NNC(=O)C(=O)Nc2ccccc2Br)cc1)c1ccccc1. The van der Waals surface area contributed by atoms with Crippen LogP contribution in [0, 0.1) is 0 Å². The molecule has 9 heteroatoms. The average molecular weight is 523 g/mol. The summed E-state index contributed by atoms with van der Waals surface area (Å²) in [7, 11) is 0. The zero-order valence-electron chi connectivity index (χ0n) is 18.3. The van der Waals surface area contributed by atoms with E-state index in [1.165, 1.54) is 6.21 Å². The largest absolute Gasteiger partial charge is 0.484 e. The Morgan fingerprint density at radius 2 is 1.62 bits per heavy atom. The number of benzene rings is 3. The number of amides is 3. The molecule has 34 heavy (non-hydrogen) atoms. The Labute approximate surface area is 205 Å². The van der Waals surface area contributed by atoms with Gasteiger partial charge >= 0.3 is 11.8 Å². The standard InChI is InChI=1S/C25H23BrN4O4/c1-17(19-7-3-2-4-8-19)28-23(31)16-34-20-13-11-18(12-14-20)15-27-30-25(33)24(32)29-22-10-6-5-9-21(22)26/h2-15,17H,16H2,1H3,(H,28,31)(H,29,32)(H,30,33)/t17-/m0/s1. The minimum atomic E-state index is -0.900. The molecule has 0 aliphatic carbocycles. The Hall–Kier alpha value is -3.98. The van der Waals surface area contributed by atoms with Crippen LogP contribution in [0.25, 0.3) is 0 Å². The lowest BCUT2D eigenvalue weighted by atomic mass is 10.1. The van der Waals surface area contributed by atoms with Gasteiger partial charge in [0.2, 0.25) is 0 Å². The Morgan fingerprint density at radius 1 is 0.941 bits per heavy atom. The summed E-state index contributed by atoms with van der Waals surface area (Å²) in [5.41, 5.74) is 4.33. The fraction of sp³-hybridized carbons (Fsp3) is 0.120. The van der Waals surface area contributed by atoms with Crippen LogP contribution in [0.1, 0.15) is 24.1 Å². The van der Waals surface area contributed by atoms with Crippen molar-refractivity contribution < 1.29 is 19.1 Å². The molecule has 3 amide bonds. The molecule has 174 valence electrons. The highest BCUT2D eigenvalue weighted by molar-refractivity contribution is 9.10. The first-order valence-corrected chi connectivity index (χ1v) is 11.2. The highest BCUT2D eigenvalue weighted by Gasteiger charge is 2.14. The Bertz CT molecular complexity index is 1170. The van der Waals surface area contributed by atoms with Gasteiger partial charge in [-0.15, -0.1) is 0 Å². The number of anilines is 1. The number of ether oxygens (including phenoxy) is 1. The number of rotatable bonds is 8. The fourth-order valence-corrected chi connectivity index (χ4v) is 3.25. The summed E-state index contributed by atoms with van der Waals surface area (Å²) < 4.78 is 6.17. The molecule has 3 N–H and O–H groups in total. The van der Waals surface area contributed by atoms with Crippen molar-refractivity contribution in [1.29, 1.82) is 0 Å². The summed E-state index contributed by atoms with van der Waals surface area (Å²) >= 11 is 3.29. The van der Waals surface area contributed by atoms with E-state index in [-0.39, 0.29) is 18.6 Å². The molecule has 0 saturated carbocycles. The molecule has 0 spiro atoms. The highest BCUT2D eigenvalue weighted by Crippen LogP contribution is 2.20. The number of hydrogen-bond acceptors (Lipinski definition) is 5. The van der Waals surface area contributed by atoms with Crippen LogP contribution in [-0.4, -0.2) is 30.5 Å². The molecule has 0 aliphatic rings. The van der Waals surface area contributed by atoms with Gasteiger partial charge in [-0.2, -0.15) is 5.10 Å². The highest BCUT2D eigenvalue weighted by atomic mass is 79.9. The third-order valence-corrected chi connectivity index (χ3v) is 5.33. The van der Waals surface area contributed by atoms with E-state index in [9.17, 15) is 14.4 Å². The number of hydrogen-bond donors (Lipinski definition) is 3. The Kier molecular flexibility index (Phi) is 8.93. The molecule has 0 aromatic heterocycles. The zero-order chi connectivity index (χ0) is 24.3. The molecule has 0 saturated heterocycles. The monoisotopic (exact) mass is 522 g/mol. The third-order valence-electron chi connectivity index (χ3n) is 4.64. The fourth-order valence-electron chi connectivity index (χ4n) is 2.87. The molecule has 3 rings (SSSR count). The summed E-state index contributed by atoms with van der Waals surface area (Å²) in [5, 5.41) is 9.16. The predicted octanol–water partition coefficient (Wildman–Crippen LogP) is 3.79. The smallest absolute Gasteiger partial charge is 0.329 e. The number of para-hydroxylation sites is 1. The van der Waals surface area contributed by atoms with Crippen molar-refractivity contribution >= 4 is 45.6 Å². The predicted molar refractivity (Wildman–Crippen MR) is 133 cm³/mol. The van der Waals surface area contributed by atoms with Gasteiger partial charge in [0.1, 0.15) is 5.75 Å². The number of halogens is 1. The maximum atomic E-state index is 12.1. The normalized spacial score (nSPS) is 11.5. The van der Waals surface area contributed by atoms with Gasteiger partial charge in [0, 0.05) is 4.47 Å². The van der Waals surface area contributed by atoms with E-state index in [1.54, 1.807) is 48.5 Å². The number of nitrogens with one attached hydrogen (secondary N) is 3. The minimum absolute atomic E-state index is 0.118. The van der Waals surface area contributed by atoms with Crippen molar-refractivity contribution in [3.05, 3.63) is 94.5 Å². The van der Waals surface area contributed by atoms with E-state index in [2.05, 4.69) is 37.1 Å². The van der Waals surface area contributed by atoms with Crippen molar-refractivity contribution in [1.82, 2.24) is 10.7 Å². The summed E-state index contributed by atoms with van der Waals surface area (Å²) in [5.74, 6) is -1.46. The molecule has 8 nitrogen and oxygen atoms in total. The van der Waals surface area contributed by atoms with Crippen LogP contribution in [0.4, 0.5) is 5.69 Å². The third kappa shape index (κ3) is 7.56. The second-order valence-electron chi connectivity index (χ2n) is 7.19. The molecule has 0 unspecified atom stereocenters. The minimum Gasteiger partial charge on any atom is -0.484 e. The van der Waals surface area contributed by atoms with E-state index < -0.39 is 11.8 Å². The topological polar surface area (TPSA) is 109 Å². The van der Waals surface area contributed by atoms with Crippen molar-refractivity contribution in [3.8, 4) is 5.75 Å². The van der Waals surface area contributed by atoms with Gasteiger partial charge < -0.3 is 15.4 Å². The number of carbonyl (C=O) groups is 3. The van der Waals surface area contributed by atoms with Gasteiger partial charge in [-0.05, 0) is 70.4 Å². The van der Waals surface area contributed by atoms with Gasteiger partial charge in [-0.1, -0.05) is 42.5 Å². The lowest BCUT2D eigenvalue weighted by molar-refractivity contribution is -0.136. The molecule has 0 radical (unpaired) electrons. The van der Waals surface area contributed by atoms with Crippen molar-refractivity contribution in [3.63, 3.8) is 0 Å². The van der Waals surface area contributed by atoms with Crippen molar-refractivity contribution in [2.45, 2.75) is 13.0 Å². The average Bonchev–Trinajstić information content (AvgIpc) is 2.85. The quantitative estimate of drug-likeness (QED) is 0.237. The first-order chi connectivity index (χ1) is 16.4. The lowest BCUT2D eigenvalue weighted by Crippen LogP contribution is -2.32. The van der Waals surface area contributed by atoms with E-state index in [0.717, 1.165) is 5.56 Å². The van der Waals surface area contributed by atoms with Crippen molar-refractivity contribution in [2.75, 3.05) is 11.9 Å². The molecule has 0 bridgehead atoms. The second-order valence-corrected chi connectivity index (χ2v) is 8.05. The number of carbonyl (C=O) groups excluding carboxylic acids is 3. The van der Waals surface area contributed by atoms with E-state index in [4.69, 9.17) is 4.74 Å². The van der Waals surface area contributed by atoms with Gasteiger partial charge in [-0.3, -0.25) is 14.4 Å². The molecular weight excluding hydrogens is 500 g/mol. The van der Waals surface area contributed by atoms with E-state index in [0.29, 0.717) is 21.5 Å². The van der Waals surface area contributed by atoms with Gasteiger partial charge in [0.25, 0.3) is 5.91 Å². The maximum Gasteiger partial charge on any atom is 0.329 e.